The number of phosphoric ester groups is 2. The number of phosphoric acid groups is 2. The van der Waals surface area contributed by atoms with Gasteiger partial charge in [-0.1, -0.05) is 247 Å². The Hall–Kier alpha value is -1.94. The smallest absolute Gasteiger partial charge is 0.462 e. The maximum atomic E-state index is 12.9. The molecular formula is C61H118O17P2. The van der Waals surface area contributed by atoms with Crippen LogP contribution in [0, 0.1) is 11.8 Å². The Morgan fingerprint density at radius 1 is 0.362 bits per heavy atom. The molecule has 80 heavy (non-hydrogen) atoms. The lowest BCUT2D eigenvalue weighted by molar-refractivity contribution is -0.161. The molecule has 0 rings (SSSR count). The van der Waals surface area contributed by atoms with E-state index in [1.54, 1.807) is 0 Å². The van der Waals surface area contributed by atoms with Crippen molar-refractivity contribution < 1.29 is 80.2 Å². The minimum atomic E-state index is -4.94. The first-order valence-electron chi connectivity index (χ1n) is 32.0. The lowest BCUT2D eigenvalue weighted by Crippen LogP contribution is -2.30. The molecule has 0 aliphatic carbocycles. The number of ether oxygens (including phenoxy) is 4. The molecule has 0 amide bonds. The molecule has 17 nitrogen and oxygen atoms in total. The summed E-state index contributed by atoms with van der Waals surface area (Å²) in [5.74, 6) is -0.716. The van der Waals surface area contributed by atoms with E-state index in [9.17, 15) is 43.2 Å². The van der Waals surface area contributed by atoms with E-state index in [4.69, 9.17) is 37.0 Å². The zero-order chi connectivity index (χ0) is 59.4. The molecule has 0 saturated carbocycles. The molecule has 19 heteroatoms. The van der Waals surface area contributed by atoms with Gasteiger partial charge in [0.15, 0.2) is 12.2 Å². The predicted molar refractivity (Wildman–Crippen MR) is 317 cm³/mol. The van der Waals surface area contributed by atoms with Crippen molar-refractivity contribution >= 4 is 39.5 Å². The third-order valence-electron chi connectivity index (χ3n) is 14.3. The minimum Gasteiger partial charge on any atom is -0.462 e. The number of aliphatic hydroxyl groups excluding tert-OH is 1. The van der Waals surface area contributed by atoms with Crippen LogP contribution in [0.4, 0.5) is 0 Å². The van der Waals surface area contributed by atoms with E-state index in [0.717, 1.165) is 102 Å². The van der Waals surface area contributed by atoms with Gasteiger partial charge in [-0.05, 0) is 37.5 Å². The van der Waals surface area contributed by atoms with Crippen LogP contribution in [0.2, 0.25) is 0 Å². The predicted octanol–water partition coefficient (Wildman–Crippen LogP) is 16.5. The van der Waals surface area contributed by atoms with Crippen LogP contribution >= 0.6 is 15.6 Å². The Morgan fingerprint density at radius 2 is 0.637 bits per heavy atom. The Kier molecular flexibility index (Phi) is 52.5. The van der Waals surface area contributed by atoms with Gasteiger partial charge in [-0.15, -0.1) is 0 Å². The van der Waals surface area contributed by atoms with Crippen molar-refractivity contribution in [2.24, 2.45) is 11.8 Å². The second-order valence-corrected chi connectivity index (χ2v) is 25.7. The third-order valence-corrected chi connectivity index (χ3v) is 16.2. The molecule has 0 aromatic carbocycles. The maximum absolute atomic E-state index is 12.9. The molecule has 0 bridgehead atoms. The average molecular weight is 1190 g/mol. The van der Waals surface area contributed by atoms with Crippen molar-refractivity contribution in [1.29, 1.82) is 0 Å². The second-order valence-electron chi connectivity index (χ2n) is 22.8. The number of carbonyl (C=O) groups is 4. The van der Waals surface area contributed by atoms with Crippen LogP contribution in [0.15, 0.2) is 0 Å². The number of hydrogen-bond acceptors (Lipinski definition) is 15. The molecule has 474 valence electrons. The van der Waals surface area contributed by atoms with E-state index in [2.05, 4.69) is 41.5 Å². The lowest BCUT2D eigenvalue weighted by Gasteiger charge is -2.21. The molecular weight excluding hydrogens is 1070 g/mol. The van der Waals surface area contributed by atoms with E-state index < -0.39 is 97.5 Å². The topological polar surface area (TPSA) is 237 Å². The SMILES string of the molecule is CCCCCCCCCCCCCC(=O)O[C@H](COC(=O)CCCCCCCCCC(C)C)COP(=O)(O)OC[C@@H](O)COP(=O)(O)OC[C@@H](COC(=O)CCCCCCCCCCC)OC(=O)CCCCCCCCC(C)CC. The van der Waals surface area contributed by atoms with Crippen LogP contribution in [0.5, 0.6) is 0 Å². The molecule has 0 radical (unpaired) electrons. The average Bonchev–Trinajstić information content (AvgIpc) is 3.42. The van der Waals surface area contributed by atoms with Gasteiger partial charge < -0.3 is 33.8 Å². The van der Waals surface area contributed by atoms with Crippen molar-refractivity contribution in [3.8, 4) is 0 Å². The van der Waals surface area contributed by atoms with Crippen LogP contribution in [0.25, 0.3) is 0 Å². The van der Waals surface area contributed by atoms with Crippen LogP contribution in [0.1, 0.15) is 298 Å². The van der Waals surface area contributed by atoms with E-state index in [1.165, 1.54) is 109 Å². The summed E-state index contributed by atoms with van der Waals surface area (Å²) in [6, 6.07) is 0. The number of carbonyl (C=O) groups excluding carboxylic acids is 4. The first-order valence-corrected chi connectivity index (χ1v) is 35.0. The highest BCUT2D eigenvalue weighted by Gasteiger charge is 2.30. The van der Waals surface area contributed by atoms with Crippen molar-refractivity contribution in [1.82, 2.24) is 0 Å². The van der Waals surface area contributed by atoms with Crippen LogP contribution < -0.4 is 0 Å². The van der Waals surface area contributed by atoms with E-state index in [1.807, 2.05) is 0 Å². The fourth-order valence-corrected chi connectivity index (χ4v) is 10.5. The third kappa shape index (κ3) is 54.0. The Labute approximate surface area is 486 Å². The van der Waals surface area contributed by atoms with Gasteiger partial charge in [0.25, 0.3) is 0 Å². The molecule has 0 spiro atoms. The Morgan fingerprint density at radius 3 is 0.950 bits per heavy atom. The summed E-state index contributed by atoms with van der Waals surface area (Å²) < 4.78 is 67.8. The first-order chi connectivity index (χ1) is 38.4. The molecule has 0 saturated heterocycles. The first kappa shape index (κ1) is 78.1. The molecule has 0 aromatic rings. The van der Waals surface area contributed by atoms with Gasteiger partial charge in [0.2, 0.25) is 0 Å². The summed E-state index contributed by atoms with van der Waals surface area (Å²) in [6.07, 6.45) is 34.9. The van der Waals surface area contributed by atoms with Gasteiger partial charge in [0.1, 0.15) is 19.3 Å². The van der Waals surface area contributed by atoms with Crippen LogP contribution in [-0.2, 0) is 65.4 Å². The lowest BCUT2D eigenvalue weighted by atomic mass is 10.00. The summed E-state index contributed by atoms with van der Waals surface area (Å²) in [4.78, 5) is 72.0. The molecule has 0 heterocycles. The maximum Gasteiger partial charge on any atom is 0.472 e. The zero-order valence-corrected chi connectivity index (χ0v) is 53.2. The van der Waals surface area contributed by atoms with Crippen molar-refractivity contribution in [2.75, 3.05) is 39.6 Å². The Balaban J connectivity index is 5.24. The monoisotopic (exact) mass is 1180 g/mol. The van der Waals surface area contributed by atoms with Gasteiger partial charge in [-0.3, -0.25) is 37.3 Å². The molecule has 0 aliphatic heterocycles. The zero-order valence-electron chi connectivity index (χ0n) is 51.4. The molecule has 3 unspecified atom stereocenters. The number of unbranched alkanes of at least 4 members (excludes halogenated alkanes) is 29. The van der Waals surface area contributed by atoms with Gasteiger partial charge in [0, 0.05) is 25.7 Å². The molecule has 0 fully saturated rings. The number of rotatable bonds is 60. The fourth-order valence-electron chi connectivity index (χ4n) is 8.97. The van der Waals surface area contributed by atoms with E-state index in [0.29, 0.717) is 31.6 Å². The largest absolute Gasteiger partial charge is 0.472 e. The summed E-state index contributed by atoms with van der Waals surface area (Å²) in [5, 5.41) is 10.5. The number of esters is 4. The second kappa shape index (κ2) is 53.8. The highest BCUT2D eigenvalue weighted by Crippen LogP contribution is 2.45. The van der Waals surface area contributed by atoms with Crippen molar-refractivity contribution in [3.05, 3.63) is 0 Å². The standard InChI is InChI=1S/C61H118O17P2/c1-7-10-12-14-16-18-19-21-25-33-39-45-60(65)77-56(49-72-59(64)44-38-32-26-22-23-29-35-41-53(4)5)51-75-79(67,68)73-47-55(62)48-74-80(69,70)76-52-57(50-71-58(63)43-37-31-24-20-17-15-13-11-8-2)78-61(66)46-40-34-28-27-30-36-42-54(6)9-3/h53-57,62H,7-52H2,1-6H3,(H,67,68)(H,69,70)/t54?,55-,56-,57-/m1/s1. The molecule has 6 atom stereocenters. The van der Waals surface area contributed by atoms with Crippen LogP contribution in [-0.4, -0.2) is 96.7 Å². The molecule has 0 aliphatic rings. The quantitative estimate of drug-likeness (QED) is 0.0222. The molecule has 0 aromatic heterocycles. The fraction of sp³-hybridized carbons (Fsp3) is 0.934. The normalized spacial score (nSPS) is 14.7. The van der Waals surface area contributed by atoms with E-state index in [-0.39, 0.29) is 25.7 Å². The van der Waals surface area contributed by atoms with Gasteiger partial charge in [-0.25, -0.2) is 9.13 Å². The van der Waals surface area contributed by atoms with Gasteiger partial charge in [-0.2, -0.15) is 0 Å². The highest BCUT2D eigenvalue weighted by atomic mass is 31.2. The Bertz CT molecular complexity index is 1580. The number of aliphatic hydroxyl groups is 1. The van der Waals surface area contributed by atoms with Crippen molar-refractivity contribution in [2.45, 2.75) is 317 Å². The van der Waals surface area contributed by atoms with Gasteiger partial charge >= 0.3 is 39.5 Å². The van der Waals surface area contributed by atoms with Crippen LogP contribution in [0.3, 0.4) is 0 Å². The molecule has 3 N–H and O–H groups in total. The van der Waals surface area contributed by atoms with Crippen molar-refractivity contribution in [3.63, 3.8) is 0 Å². The highest BCUT2D eigenvalue weighted by molar-refractivity contribution is 7.47. The summed E-state index contributed by atoms with van der Waals surface area (Å²) in [5.41, 5.74) is 0. The minimum absolute atomic E-state index is 0.103. The summed E-state index contributed by atoms with van der Waals surface area (Å²) in [6.45, 7) is 9.35. The summed E-state index contributed by atoms with van der Waals surface area (Å²) >= 11 is 0. The van der Waals surface area contributed by atoms with E-state index >= 15 is 0 Å². The number of hydrogen-bond donors (Lipinski definition) is 3. The summed E-state index contributed by atoms with van der Waals surface area (Å²) in [7, 11) is -9.88. The van der Waals surface area contributed by atoms with Gasteiger partial charge in [0.05, 0.1) is 26.4 Å².